The Kier molecular flexibility index (Phi) is 5.01. The molecule has 0 aliphatic heterocycles. The Morgan fingerprint density at radius 2 is 1.70 bits per heavy atom. The summed E-state index contributed by atoms with van der Waals surface area (Å²) in [4.78, 5) is 3.77. The van der Waals surface area contributed by atoms with Crippen LogP contribution >= 0.6 is 0 Å². The highest BCUT2D eigenvalue weighted by Crippen LogP contribution is 2.27. The predicted molar refractivity (Wildman–Crippen MR) is 103 cm³/mol. The molecule has 0 spiro atoms. The number of hydrogen-bond donors (Lipinski definition) is 2. The van der Waals surface area contributed by atoms with Crippen molar-refractivity contribution in [1.29, 1.82) is 0 Å². The number of benzene rings is 2. The fourth-order valence-corrected chi connectivity index (χ4v) is 4.48. The molecule has 1 heterocycles. The molecule has 0 unspecified atom stereocenters. The molecule has 9 heteroatoms. The lowest BCUT2D eigenvalue weighted by Gasteiger charge is -2.12. The number of aromatic nitrogens is 1. The minimum absolute atomic E-state index is 0.00697. The summed E-state index contributed by atoms with van der Waals surface area (Å²) in [5.41, 5.74) is 2.33. The first-order valence-corrected chi connectivity index (χ1v) is 10.9. The van der Waals surface area contributed by atoms with Crippen LogP contribution < -0.4 is 9.86 Å². The molecule has 0 saturated heterocycles. The molecule has 0 atom stereocenters. The van der Waals surface area contributed by atoms with Crippen molar-refractivity contribution >= 4 is 25.7 Å². The number of nitrogens with zero attached hydrogens (tertiary/aromatic N) is 1. The topological polar surface area (TPSA) is 119 Å². The zero-order valence-electron chi connectivity index (χ0n) is 14.3. The molecule has 140 valence electrons. The molecule has 2 aromatic carbocycles. The molecule has 3 N–H and O–H groups in total. The monoisotopic (exact) mass is 403 g/mol. The van der Waals surface area contributed by atoms with Crippen LogP contribution in [0.15, 0.2) is 76.8 Å². The van der Waals surface area contributed by atoms with Gasteiger partial charge in [-0.3, -0.25) is 9.71 Å². The number of anilines is 1. The Bertz CT molecular complexity index is 1210. The van der Waals surface area contributed by atoms with Crippen LogP contribution in [0.2, 0.25) is 0 Å². The van der Waals surface area contributed by atoms with Crippen molar-refractivity contribution in [1.82, 2.24) is 4.98 Å². The first-order valence-electron chi connectivity index (χ1n) is 7.84. The molecule has 3 aromatic rings. The predicted octanol–water partition coefficient (Wildman–Crippen LogP) is 2.51. The van der Waals surface area contributed by atoms with E-state index < -0.39 is 20.0 Å². The van der Waals surface area contributed by atoms with Gasteiger partial charge in [0.2, 0.25) is 10.0 Å². The average molecular weight is 403 g/mol. The second kappa shape index (κ2) is 7.10. The van der Waals surface area contributed by atoms with Gasteiger partial charge in [0.05, 0.1) is 10.6 Å². The number of nitrogens with two attached hydrogens (primary N) is 1. The molecule has 0 aliphatic carbocycles. The lowest BCUT2D eigenvalue weighted by molar-refractivity contribution is 0.598. The molecule has 27 heavy (non-hydrogen) atoms. The van der Waals surface area contributed by atoms with Gasteiger partial charge in [0, 0.05) is 18.0 Å². The third-order valence-corrected chi connectivity index (χ3v) is 6.26. The van der Waals surface area contributed by atoms with Gasteiger partial charge >= 0.3 is 0 Å². The van der Waals surface area contributed by atoms with Crippen molar-refractivity contribution in [3.8, 4) is 11.1 Å². The Morgan fingerprint density at radius 3 is 2.41 bits per heavy atom. The maximum Gasteiger partial charge on any atom is 0.261 e. The minimum atomic E-state index is -4.08. The number of pyridine rings is 1. The van der Waals surface area contributed by atoms with Crippen LogP contribution in [0.3, 0.4) is 0 Å². The SMILES string of the molecule is Cc1ccncc1-c1cccc(S(=O)(=O)Nc2ccccc2S(N)(=O)=O)c1. The van der Waals surface area contributed by atoms with E-state index in [2.05, 4.69) is 9.71 Å². The van der Waals surface area contributed by atoms with Crippen LogP contribution in [0.5, 0.6) is 0 Å². The third kappa shape index (κ3) is 4.16. The summed E-state index contributed by atoms with van der Waals surface area (Å²) in [7, 11) is -8.11. The number of nitrogens with one attached hydrogen (secondary N) is 1. The van der Waals surface area contributed by atoms with Crippen LogP contribution in [0.1, 0.15) is 5.56 Å². The highest BCUT2D eigenvalue weighted by atomic mass is 32.2. The zero-order chi connectivity index (χ0) is 19.7. The molecule has 3 rings (SSSR count). The van der Waals surface area contributed by atoms with Gasteiger partial charge in [-0.25, -0.2) is 22.0 Å². The van der Waals surface area contributed by atoms with E-state index in [0.717, 1.165) is 11.1 Å². The molecule has 0 radical (unpaired) electrons. The first-order chi connectivity index (χ1) is 12.7. The van der Waals surface area contributed by atoms with E-state index in [1.54, 1.807) is 24.5 Å². The molecule has 0 saturated carbocycles. The van der Waals surface area contributed by atoms with Gasteiger partial charge < -0.3 is 0 Å². The first kappa shape index (κ1) is 19.0. The fourth-order valence-electron chi connectivity index (χ4n) is 2.60. The highest BCUT2D eigenvalue weighted by molar-refractivity contribution is 7.93. The second-order valence-corrected chi connectivity index (χ2v) is 9.08. The fraction of sp³-hybridized carbons (Fsp3) is 0.0556. The number of sulfonamides is 2. The van der Waals surface area contributed by atoms with Gasteiger partial charge in [-0.2, -0.15) is 0 Å². The van der Waals surface area contributed by atoms with Crippen molar-refractivity contribution in [2.75, 3.05) is 4.72 Å². The van der Waals surface area contributed by atoms with E-state index >= 15 is 0 Å². The molecule has 0 amide bonds. The van der Waals surface area contributed by atoms with Gasteiger partial charge in [0.1, 0.15) is 4.90 Å². The Balaban J connectivity index is 2.03. The Morgan fingerprint density at radius 1 is 0.963 bits per heavy atom. The number of aryl methyl sites for hydroxylation is 1. The van der Waals surface area contributed by atoms with Crippen LogP contribution in [0.25, 0.3) is 11.1 Å². The van der Waals surface area contributed by atoms with Gasteiger partial charge in [0.25, 0.3) is 10.0 Å². The van der Waals surface area contributed by atoms with Gasteiger partial charge in [-0.15, -0.1) is 0 Å². The second-order valence-electron chi connectivity index (χ2n) is 5.87. The molecular formula is C18H17N3O4S2. The summed E-state index contributed by atoms with van der Waals surface area (Å²) in [6.07, 6.45) is 3.32. The molecule has 0 aliphatic rings. The smallest absolute Gasteiger partial charge is 0.261 e. The average Bonchev–Trinajstić information content (AvgIpc) is 2.61. The maximum absolute atomic E-state index is 12.8. The van der Waals surface area contributed by atoms with Gasteiger partial charge in [-0.1, -0.05) is 24.3 Å². The Labute approximate surface area is 158 Å². The molecule has 7 nitrogen and oxygen atoms in total. The lowest BCUT2D eigenvalue weighted by Crippen LogP contribution is -2.18. The summed E-state index contributed by atoms with van der Waals surface area (Å²) in [6.45, 7) is 1.90. The van der Waals surface area contributed by atoms with Crippen molar-refractivity contribution in [3.05, 3.63) is 72.6 Å². The van der Waals surface area contributed by atoms with Gasteiger partial charge in [-0.05, 0) is 48.4 Å². The number of rotatable bonds is 5. The number of primary sulfonamides is 1. The van der Waals surface area contributed by atoms with Crippen LogP contribution in [0, 0.1) is 6.92 Å². The standard InChI is InChI=1S/C18H17N3O4S2/c1-13-9-10-20-12-16(13)14-5-4-6-15(11-14)27(24,25)21-17-7-2-3-8-18(17)26(19,22)23/h2-12,21H,1H3,(H2,19,22,23). The van der Waals surface area contributed by atoms with Crippen molar-refractivity contribution in [3.63, 3.8) is 0 Å². The largest absolute Gasteiger partial charge is 0.278 e. The molecular weight excluding hydrogens is 386 g/mol. The Hall–Kier alpha value is -2.75. The molecule has 1 aromatic heterocycles. The summed E-state index contributed by atoms with van der Waals surface area (Å²) in [5, 5.41) is 5.16. The van der Waals surface area contributed by atoms with E-state index in [4.69, 9.17) is 5.14 Å². The summed E-state index contributed by atoms with van der Waals surface area (Å²) < 4.78 is 51.3. The van der Waals surface area contributed by atoms with E-state index in [1.807, 2.05) is 13.0 Å². The zero-order valence-corrected chi connectivity index (χ0v) is 16.0. The number of hydrogen-bond acceptors (Lipinski definition) is 5. The molecule has 0 bridgehead atoms. The third-order valence-electron chi connectivity index (χ3n) is 3.93. The molecule has 0 fully saturated rings. The van der Waals surface area contributed by atoms with Crippen molar-refractivity contribution in [2.24, 2.45) is 5.14 Å². The normalized spacial score (nSPS) is 11.9. The highest BCUT2D eigenvalue weighted by Gasteiger charge is 2.20. The quantitative estimate of drug-likeness (QED) is 0.678. The number of para-hydroxylation sites is 1. The van der Waals surface area contributed by atoms with Crippen molar-refractivity contribution in [2.45, 2.75) is 16.7 Å². The van der Waals surface area contributed by atoms with Crippen LogP contribution in [-0.2, 0) is 20.0 Å². The summed E-state index contributed by atoms with van der Waals surface area (Å²) in [6, 6.07) is 13.7. The lowest BCUT2D eigenvalue weighted by atomic mass is 10.0. The van der Waals surface area contributed by atoms with Crippen LogP contribution in [0.4, 0.5) is 5.69 Å². The van der Waals surface area contributed by atoms with E-state index in [-0.39, 0.29) is 15.5 Å². The van der Waals surface area contributed by atoms with E-state index in [0.29, 0.717) is 5.56 Å². The van der Waals surface area contributed by atoms with Gasteiger partial charge in [0.15, 0.2) is 0 Å². The van der Waals surface area contributed by atoms with E-state index in [9.17, 15) is 16.8 Å². The van der Waals surface area contributed by atoms with Crippen molar-refractivity contribution < 1.29 is 16.8 Å². The summed E-state index contributed by atoms with van der Waals surface area (Å²) in [5.74, 6) is 0. The van der Waals surface area contributed by atoms with E-state index in [1.165, 1.54) is 36.4 Å². The minimum Gasteiger partial charge on any atom is -0.278 e. The maximum atomic E-state index is 12.8. The summed E-state index contributed by atoms with van der Waals surface area (Å²) >= 11 is 0. The van der Waals surface area contributed by atoms with Crippen LogP contribution in [-0.4, -0.2) is 21.8 Å².